The highest BCUT2D eigenvalue weighted by Crippen LogP contribution is 2.37. The van der Waals surface area contributed by atoms with Crippen molar-refractivity contribution in [2.75, 3.05) is 66.1 Å². The summed E-state index contributed by atoms with van der Waals surface area (Å²) in [5.74, 6) is 15.1. The number of benzene rings is 2. The molecular weight excluding hydrogens is 805 g/mol. The molecule has 2 aliphatic heterocycles. The second kappa shape index (κ2) is 23.0. The first-order chi connectivity index (χ1) is 31.9. The average Bonchev–Trinajstić information content (AvgIpc) is 3.79. The summed E-state index contributed by atoms with van der Waals surface area (Å²) in [6.07, 6.45) is 10.0. The molecule has 2 heterocycles. The van der Waals surface area contributed by atoms with Crippen LogP contribution in [0.5, 0.6) is 11.5 Å². The molecule has 0 aromatic heterocycles. The fourth-order valence-electron chi connectivity index (χ4n) is 8.17. The zero-order valence-corrected chi connectivity index (χ0v) is 38.4. The minimum Gasteiger partial charge on any atom is -0.494 e. The molecule has 336 valence electrons. The summed E-state index contributed by atoms with van der Waals surface area (Å²) in [7, 11) is 0. The second-order valence-electron chi connectivity index (χ2n) is 18.4. The number of unbranched alkanes of at least 4 members (excludes halogenated alkanes) is 6. The van der Waals surface area contributed by atoms with Crippen LogP contribution in [0.15, 0.2) is 121 Å². The first kappa shape index (κ1) is 45.9. The van der Waals surface area contributed by atoms with Crippen molar-refractivity contribution in [3.05, 3.63) is 144 Å². The van der Waals surface area contributed by atoms with Crippen LogP contribution >= 0.6 is 0 Å². The van der Waals surface area contributed by atoms with Crippen molar-refractivity contribution in [1.29, 1.82) is 0 Å². The third-order valence-electron chi connectivity index (χ3n) is 12.7. The van der Waals surface area contributed by atoms with Gasteiger partial charge in [-0.05, 0) is 175 Å². The molecule has 4 aliphatic carbocycles. The van der Waals surface area contributed by atoms with Crippen LogP contribution in [0.25, 0.3) is 33.4 Å². The largest absolute Gasteiger partial charge is 0.494 e. The Balaban J connectivity index is 0.751. The first-order valence-electron chi connectivity index (χ1n) is 23.8. The zero-order chi connectivity index (χ0) is 44.6. The Morgan fingerprint density at radius 1 is 0.415 bits per heavy atom. The van der Waals surface area contributed by atoms with Crippen molar-refractivity contribution in [2.24, 2.45) is 10.8 Å². The minimum atomic E-state index is 0.234. The molecule has 6 nitrogen and oxygen atoms in total. The van der Waals surface area contributed by atoms with Crippen molar-refractivity contribution >= 4 is 0 Å². The summed E-state index contributed by atoms with van der Waals surface area (Å²) in [6, 6.07) is 42.3. The van der Waals surface area contributed by atoms with Crippen molar-refractivity contribution in [1.82, 2.24) is 0 Å². The summed E-state index contributed by atoms with van der Waals surface area (Å²) in [4.78, 5) is 0. The summed E-state index contributed by atoms with van der Waals surface area (Å²) in [6.45, 7) is 12.5. The Labute approximate surface area is 387 Å². The molecule has 8 rings (SSSR count). The Hall–Kier alpha value is -5.60. The number of hydrogen-bond donors (Lipinski definition) is 0. The predicted molar refractivity (Wildman–Crippen MR) is 262 cm³/mol. The van der Waals surface area contributed by atoms with Gasteiger partial charge in [-0.25, -0.2) is 0 Å². The van der Waals surface area contributed by atoms with E-state index in [0.29, 0.717) is 0 Å². The lowest BCUT2D eigenvalue weighted by Crippen LogP contribution is -2.45. The van der Waals surface area contributed by atoms with Crippen LogP contribution in [-0.2, 0) is 18.9 Å². The highest BCUT2D eigenvalue weighted by molar-refractivity contribution is 5.86. The van der Waals surface area contributed by atoms with Gasteiger partial charge >= 0.3 is 0 Å². The van der Waals surface area contributed by atoms with E-state index >= 15 is 0 Å². The molecule has 65 heavy (non-hydrogen) atoms. The molecule has 2 aromatic rings. The van der Waals surface area contributed by atoms with Gasteiger partial charge in [-0.3, -0.25) is 0 Å². The van der Waals surface area contributed by atoms with E-state index in [-0.39, 0.29) is 10.8 Å². The fourth-order valence-corrected chi connectivity index (χ4v) is 8.17. The Morgan fingerprint density at radius 2 is 0.769 bits per heavy atom. The van der Waals surface area contributed by atoms with Gasteiger partial charge in [0.2, 0.25) is 0 Å². The number of hydrogen-bond acceptors (Lipinski definition) is 6. The molecule has 6 heteroatoms. The molecule has 2 fully saturated rings. The Morgan fingerprint density at radius 3 is 1.11 bits per heavy atom. The van der Waals surface area contributed by atoms with Crippen LogP contribution in [0.3, 0.4) is 0 Å². The fraction of sp³-hybridized carbons (Fsp3) is 0.390. The first-order valence-corrected chi connectivity index (χ1v) is 23.8. The maximum absolute atomic E-state index is 5.99. The third-order valence-corrected chi connectivity index (χ3v) is 12.7. The van der Waals surface area contributed by atoms with E-state index < -0.39 is 0 Å². The topological polar surface area (TPSA) is 55.4 Å². The smallest absolute Gasteiger partial charge is 0.119 e. The van der Waals surface area contributed by atoms with Crippen LogP contribution in [-0.4, -0.2) is 66.1 Å². The molecular formula is C59H64O6. The third kappa shape index (κ3) is 13.5. The lowest BCUT2D eigenvalue weighted by atomic mass is 9.84. The van der Waals surface area contributed by atoms with Crippen LogP contribution < -0.4 is 9.47 Å². The zero-order valence-electron chi connectivity index (χ0n) is 38.4. The van der Waals surface area contributed by atoms with Crippen molar-refractivity contribution < 1.29 is 28.4 Å². The van der Waals surface area contributed by atoms with Crippen molar-refractivity contribution in [2.45, 2.75) is 71.6 Å². The van der Waals surface area contributed by atoms with Crippen LogP contribution in [0.4, 0.5) is 0 Å². The van der Waals surface area contributed by atoms with E-state index in [2.05, 4.69) is 110 Å². The molecule has 0 radical (unpaired) electrons. The lowest BCUT2D eigenvalue weighted by Gasteiger charge is -2.40. The molecule has 0 bridgehead atoms. The summed E-state index contributed by atoms with van der Waals surface area (Å²) in [5, 5.41) is 0. The highest BCUT2D eigenvalue weighted by Gasteiger charge is 2.37. The van der Waals surface area contributed by atoms with E-state index in [1.54, 1.807) is 0 Å². The molecule has 0 amide bonds. The normalized spacial score (nSPS) is 14.7. The molecule has 2 aromatic carbocycles. The Kier molecular flexibility index (Phi) is 16.3. The van der Waals surface area contributed by atoms with Gasteiger partial charge in [-0.1, -0.05) is 74.6 Å². The summed E-state index contributed by atoms with van der Waals surface area (Å²) in [5.41, 5.74) is 11.6. The molecule has 0 N–H and O–H groups in total. The quantitative estimate of drug-likeness (QED) is 0.0500. The molecule has 6 aliphatic rings. The number of fused-ring (bicyclic) bond motifs is 2. The van der Waals surface area contributed by atoms with Gasteiger partial charge in [0.1, 0.15) is 11.5 Å². The number of ether oxygens (including phenoxy) is 6. The van der Waals surface area contributed by atoms with Crippen LogP contribution in [0, 0.1) is 34.5 Å². The van der Waals surface area contributed by atoms with Gasteiger partial charge in [0, 0.05) is 46.3 Å². The lowest BCUT2D eigenvalue weighted by molar-refractivity contribution is -0.150. The summed E-state index contributed by atoms with van der Waals surface area (Å²) >= 11 is 0. The maximum Gasteiger partial charge on any atom is 0.119 e. The van der Waals surface area contributed by atoms with Gasteiger partial charge in [0.15, 0.2) is 0 Å². The van der Waals surface area contributed by atoms with E-state index in [9.17, 15) is 0 Å². The molecule has 0 spiro atoms. The van der Waals surface area contributed by atoms with E-state index in [1.165, 1.54) is 33.4 Å². The molecule has 0 saturated carbocycles. The van der Waals surface area contributed by atoms with Gasteiger partial charge in [0.05, 0.1) is 52.9 Å². The maximum atomic E-state index is 5.99. The van der Waals surface area contributed by atoms with E-state index in [1.807, 2.05) is 48.5 Å². The minimum absolute atomic E-state index is 0.234. The van der Waals surface area contributed by atoms with E-state index in [4.69, 9.17) is 28.4 Å². The van der Waals surface area contributed by atoms with Gasteiger partial charge in [0.25, 0.3) is 0 Å². The predicted octanol–water partition coefficient (Wildman–Crippen LogP) is 12.7. The molecule has 0 atom stereocenters. The van der Waals surface area contributed by atoms with Gasteiger partial charge < -0.3 is 28.4 Å². The summed E-state index contributed by atoms with van der Waals surface area (Å²) < 4.78 is 34.4. The van der Waals surface area contributed by atoms with Crippen molar-refractivity contribution in [3.63, 3.8) is 0 Å². The van der Waals surface area contributed by atoms with Crippen LogP contribution in [0.1, 0.15) is 93.9 Å². The molecule has 0 unspecified atom stereocenters. The van der Waals surface area contributed by atoms with Gasteiger partial charge in [-0.2, -0.15) is 0 Å². The van der Waals surface area contributed by atoms with Gasteiger partial charge in [-0.15, -0.1) is 0 Å². The van der Waals surface area contributed by atoms with Crippen LogP contribution in [0.2, 0.25) is 0 Å². The van der Waals surface area contributed by atoms with Crippen molar-refractivity contribution in [3.8, 4) is 68.6 Å². The van der Waals surface area contributed by atoms with E-state index in [0.717, 1.165) is 158 Å². The SMILES string of the molecule is CCC1(COCCCCCCOc2ccc(C#Cc3ccc4cc(-c5cc6ccc(C#Cc7ccc(OCCCCCCOCC8(C)COC8)cc7)ccc-6c5)cc-4cc3)cc2)COC1. The second-order valence-corrected chi connectivity index (χ2v) is 18.4. The standard InChI is InChI=1S/C59H64O6/c1-3-59(44-63-45-59)43-61-33-9-5-7-11-35-65-57-30-22-49(23-31-57)15-13-47-18-26-52-38-55(39-53(52)27-19-47)54-36-50-24-16-46(17-25-51(50)37-54)12-14-48-20-28-56(29-21-48)64-34-10-6-4-8-32-60-40-58(2)41-62-42-58/h16-31,36-39H,3-11,32-35,40-45H2,1-2H3. The Bertz CT molecular complexity index is 2400. The number of rotatable bonds is 22. The molecule has 2 saturated heterocycles. The average molecular weight is 869 g/mol. The monoisotopic (exact) mass is 868 g/mol. The highest BCUT2D eigenvalue weighted by atomic mass is 16.5.